The molecule has 0 bridgehead atoms. The van der Waals surface area contributed by atoms with E-state index in [1.807, 2.05) is 30.3 Å². The molecular formula is C24H28BrN3O4. The van der Waals surface area contributed by atoms with Crippen molar-refractivity contribution in [2.24, 2.45) is 0 Å². The molecule has 32 heavy (non-hydrogen) atoms. The second kappa shape index (κ2) is 12.0. The van der Waals surface area contributed by atoms with Crippen LogP contribution >= 0.6 is 15.9 Å². The number of benzene rings is 2. The van der Waals surface area contributed by atoms with Crippen LogP contribution in [0.1, 0.15) is 38.3 Å². The van der Waals surface area contributed by atoms with Gasteiger partial charge in [-0.25, -0.2) is 4.79 Å². The summed E-state index contributed by atoms with van der Waals surface area (Å²) in [4.78, 5) is 35.7. The second-order valence-corrected chi connectivity index (χ2v) is 8.95. The molecular weight excluding hydrogens is 474 g/mol. The van der Waals surface area contributed by atoms with Crippen molar-refractivity contribution in [3.63, 3.8) is 0 Å². The summed E-state index contributed by atoms with van der Waals surface area (Å²) in [7, 11) is 0. The number of amides is 3. The molecule has 170 valence electrons. The van der Waals surface area contributed by atoms with Crippen LogP contribution in [0.15, 0.2) is 59.1 Å². The van der Waals surface area contributed by atoms with Gasteiger partial charge in [-0.05, 0) is 62.2 Å². The first kappa shape index (κ1) is 25.1. The molecule has 0 fully saturated rings. The van der Waals surface area contributed by atoms with E-state index in [2.05, 4.69) is 31.9 Å². The summed E-state index contributed by atoms with van der Waals surface area (Å²) in [6.45, 7) is 5.81. The van der Waals surface area contributed by atoms with Gasteiger partial charge >= 0.3 is 6.09 Å². The number of carbonyl (C=O) groups is 3. The van der Waals surface area contributed by atoms with Gasteiger partial charge in [0.2, 0.25) is 11.8 Å². The zero-order chi connectivity index (χ0) is 23.6. The summed E-state index contributed by atoms with van der Waals surface area (Å²) >= 11 is 3.37. The van der Waals surface area contributed by atoms with Gasteiger partial charge in [-0.15, -0.1) is 0 Å². The summed E-state index contributed by atoms with van der Waals surface area (Å²) in [6.07, 6.45) is 2.78. The number of ether oxygens (including phenoxy) is 1. The van der Waals surface area contributed by atoms with E-state index in [-0.39, 0.29) is 24.8 Å². The molecule has 8 heteroatoms. The molecule has 0 aliphatic heterocycles. The molecule has 0 unspecified atom stereocenters. The number of hydrogen-bond acceptors (Lipinski definition) is 4. The van der Waals surface area contributed by atoms with Crippen LogP contribution in [-0.2, 0) is 20.9 Å². The maximum absolute atomic E-state index is 12.2. The van der Waals surface area contributed by atoms with Gasteiger partial charge < -0.3 is 20.7 Å². The Morgan fingerprint density at radius 2 is 1.75 bits per heavy atom. The van der Waals surface area contributed by atoms with Crippen molar-refractivity contribution in [1.29, 1.82) is 0 Å². The predicted molar refractivity (Wildman–Crippen MR) is 129 cm³/mol. The van der Waals surface area contributed by atoms with Gasteiger partial charge in [0.05, 0.1) is 0 Å². The largest absolute Gasteiger partial charge is 0.444 e. The number of alkyl carbamates (subject to hydrolysis) is 1. The Morgan fingerprint density at radius 3 is 2.44 bits per heavy atom. The maximum Gasteiger partial charge on any atom is 0.407 e. The number of nitrogens with one attached hydrogen (secondary N) is 3. The van der Waals surface area contributed by atoms with Crippen LogP contribution in [0, 0.1) is 0 Å². The lowest BCUT2D eigenvalue weighted by Crippen LogP contribution is -2.35. The Balaban J connectivity index is 1.76. The van der Waals surface area contributed by atoms with Crippen molar-refractivity contribution >= 4 is 45.6 Å². The third kappa shape index (κ3) is 10.3. The normalized spacial score (nSPS) is 11.1. The van der Waals surface area contributed by atoms with E-state index in [4.69, 9.17) is 4.74 Å². The first-order valence-corrected chi connectivity index (χ1v) is 11.0. The molecule has 3 N–H and O–H groups in total. The minimum Gasteiger partial charge on any atom is -0.444 e. The average Bonchev–Trinajstić information content (AvgIpc) is 2.71. The lowest BCUT2D eigenvalue weighted by molar-refractivity contribution is -0.121. The average molecular weight is 502 g/mol. The van der Waals surface area contributed by atoms with E-state index in [1.54, 1.807) is 45.0 Å². The van der Waals surface area contributed by atoms with E-state index < -0.39 is 11.7 Å². The molecule has 0 saturated heterocycles. The lowest BCUT2D eigenvalue weighted by atomic mass is 10.2. The molecule has 0 heterocycles. The summed E-state index contributed by atoms with van der Waals surface area (Å²) in [5.74, 6) is -0.449. The Labute approximate surface area is 196 Å². The van der Waals surface area contributed by atoms with Crippen LogP contribution in [0.3, 0.4) is 0 Å². The van der Waals surface area contributed by atoms with Gasteiger partial charge in [-0.3, -0.25) is 9.59 Å². The summed E-state index contributed by atoms with van der Waals surface area (Å²) in [5, 5.41) is 8.15. The molecule has 3 amide bonds. The summed E-state index contributed by atoms with van der Waals surface area (Å²) < 4.78 is 6.09. The van der Waals surface area contributed by atoms with E-state index in [0.29, 0.717) is 12.2 Å². The number of halogens is 1. The highest BCUT2D eigenvalue weighted by Crippen LogP contribution is 2.13. The Hall–Kier alpha value is -3.13. The highest BCUT2D eigenvalue weighted by atomic mass is 79.9. The Bertz CT molecular complexity index is 966. The van der Waals surface area contributed by atoms with Crippen LogP contribution in [0.5, 0.6) is 0 Å². The molecule has 0 aliphatic rings. The maximum atomic E-state index is 12.2. The first-order chi connectivity index (χ1) is 15.1. The standard InChI is InChI=1S/C24H28BrN3O4/c1-24(2,3)32-23(31)26-14-13-21(29)27-16-18-5-4-6-20(15-18)28-22(30)12-9-17-7-10-19(25)11-8-17/h4-12,15H,13-14,16H2,1-3H3,(H,26,31)(H,27,29)(H,28,30)/b12-9+. The zero-order valence-corrected chi connectivity index (χ0v) is 20.0. The molecule has 0 radical (unpaired) electrons. The predicted octanol–water partition coefficient (Wildman–Crippen LogP) is 4.63. The molecule has 0 spiro atoms. The topological polar surface area (TPSA) is 96.5 Å². The molecule has 0 aromatic heterocycles. The minimum atomic E-state index is -0.582. The molecule has 0 aliphatic carbocycles. The van der Waals surface area contributed by atoms with Crippen LogP contribution in [0.2, 0.25) is 0 Å². The van der Waals surface area contributed by atoms with Gasteiger partial charge in [-0.1, -0.05) is 40.2 Å². The van der Waals surface area contributed by atoms with Crippen molar-refractivity contribution in [1.82, 2.24) is 10.6 Å². The second-order valence-electron chi connectivity index (χ2n) is 8.03. The fourth-order valence-electron chi connectivity index (χ4n) is 2.57. The lowest BCUT2D eigenvalue weighted by Gasteiger charge is -2.19. The van der Waals surface area contributed by atoms with Gasteiger partial charge in [0.25, 0.3) is 0 Å². The number of carbonyl (C=O) groups excluding carboxylic acids is 3. The highest BCUT2D eigenvalue weighted by molar-refractivity contribution is 9.10. The number of hydrogen-bond donors (Lipinski definition) is 3. The van der Waals surface area contributed by atoms with E-state index >= 15 is 0 Å². The van der Waals surface area contributed by atoms with Crippen molar-refractivity contribution in [2.75, 3.05) is 11.9 Å². The fourth-order valence-corrected chi connectivity index (χ4v) is 2.83. The summed E-state index contributed by atoms with van der Waals surface area (Å²) in [6, 6.07) is 14.9. The molecule has 2 rings (SSSR count). The highest BCUT2D eigenvalue weighted by Gasteiger charge is 2.15. The Kier molecular flexibility index (Phi) is 9.46. The van der Waals surface area contributed by atoms with Crippen LogP contribution in [0.25, 0.3) is 6.08 Å². The van der Waals surface area contributed by atoms with Crippen LogP contribution < -0.4 is 16.0 Å². The van der Waals surface area contributed by atoms with Crippen molar-refractivity contribution in [3.8, 4) is 0 Å². The van der Waals surface area contributed by atoms with E-state index in [9.17, 15) is 14.4 Å². The monoisotopic (exact) mass is 501 g/mol. The zero-order valence-electron chi connectivity index (χ0n) is 18.4. The minimum absolute atomic E-state index is 0.135. The smallest absolute Gasteiger partial charge is 0.407 e. The molecule has 2 aromatic carbocycles. The quantitative estimate of drug-likeness (QED) is 0.459. The number of rotatable bonds is 8. The fraction of sp³-hybridized carbons (Fsp3) is 0.292. The summed E-state index contributed by atoms with van der Waals surface area (Å²) in [5.41, 5.74) is 1.81. The van der Waals surface area contributed by atoms with Gasteiger partial charge in [0, 0.05) is 35.7 Å². The SMILES string of the molecule is CC(C)(C)OC(=O)NCCC(=O)NCc1cccc(NC(=O)/C=C/c2ccc(Br)cc2)c1. The Morgan fingerprint density at radius 1 is 1.03 bits per heavy atom. The molecule has 0 atom stereocenters. The molecule has 2 aromatic rings. The van der Waals surface area contributed by atoms with Crippen molar-refractivity contribution in [3.05, 3.63) is 70.2 Å². The number of anilines is 1. The van der Waals surface area contributed by atoms with Gasteiger partial charge in [0.1, 0.15) is 5.60 Å². The van der Waals surface area contributed by atoms with Crippen molar-refractivity contribution < 1.29 is 19.1 Å². The third-order valence-electron chi connectivity index (χ3n) is 4.00. The molecule has 0 saturated carbocycles. The van der Waals surface area contributed by atoms with Crippen molar-refractivity contribution in [2.45, 2.75) is 39.3 Å². The van der Waals surface area contributed by atoms with Gasteiger partial charge in [-0.2, -0.15) is 0 Å². The van der Waals surface area contributed by atoms with Gasteiger partial charge in [0.15, 0.2) is 0 Å². The molecule has 7 nitrogen and oxygen atoms in total. The third-order valence-corrected chi connectivity index (χ3v) is 4.53. The first-order valence-electron chi connectivity index (χ1n) is 10.2. The van der Waals surface area contributed by atoms with E-state index in [0.717, 1.165) is 15.6 Å². The van der Waals surface area contributed by atoms with E-state index in [1.165, 1.54) is 6.08 Å². The van der Waals surface area contributed by atoms with Crippen LogP contribution in [0.4, 0.5) is 10.5 Å². The van der Waals surface area contributed by atoms with Crippen LogP contribution in [-0.4, -0.2) is 30.1 Å².